The molecule has 0 aliphatic heterocycles. The summed E-state index contributed by atoms with van der Waals surface area (Å²) in [7, 11) is 0. The number of nitrogens with zero attached hydrogens (tertiary/aromatic N) is 2. The first kappa shape index (κ1) is 9.42. The van der Waals surface area contributed by atoms with Crippen molar-refractivity contribution in [2.45, 2.75) is 26.9 Å². The number of hydrogen-bond donors (Lipinski definition) is 1. The highest BCUT2D eigenvalue weighted by molar-refractivity contribution is 6.30. The molecule has 0 saturated heterocycles. The van der Waals surface area contributed by atoms with Crippen LogP contribution >= 0.6 is 11.6 Å². The zero-order valence-electron chi connectivity index (χ0n) is 7.13. The molecule has 0 aliphatic rings. The first-order chi connectivity index (χ1) is 5.69. The SMILES string of the molecule is CCc1nc(CO)nc(Cl)c1C. The Labute approximate surface area is 76.4 Å². The summed E-state index contributed by atoms with van der Waals surface area (Å²) >= 11 is 5.81. The van der Waals surface area contributed by atoms with Crippen molar-refractivity contribution in [1.82, 2.24) is 9.97 Å². The number of halogens is 1. The number of aromatic nitrogens is 2. The second-order valence-electron chi connectivity index (χ2n) is 2.51. The second-order valence-corrected chi connectivity index (χ2v) is 2.87. The van der Waals surface area contributed by atoms with Gasteiger partial charge in [-0.1, -0.05) is 18.5 Å². The first-order valence-corrected chi connectivity index (χ1v) is 4.19. The number of aryl methyl sites for hydroxylation is 1. The van der Waals surface area contributed by atoms with Gasteiger partial charge in [-0.3, -0.25) is 0 Å². The molecule has 0 radical (unpaired) electrons. The maximum absolute atomic E-state index is 8.79. The van der Waals surface area contributed by atoms with Gasteiger partial charge in [-0.25, -0.2) is 9.97 Å². The Kier molecular flexibility index (Phi) is 3.00. The summed E-state index contributed by atoms with van der Waals surface area (Å²) in [4.78, 5) is 8.03. The van der Waals surface area contributed by atoms with Crippen molar-refractivity contribution >= 4 is 11.6 Å². The van der Waals surface area contributed by atoms with Crippen molar-refractivity contribution in [3.63, 3.8) is 0 Å². The third kappa shape index (κ3) is 1.73. The summed E-state index contributed by atoms with van der Waals surface area (Å²) in [6, 6.07) is 0. The number of aliphatic hydroxyl groups is 1. The fourth-order valence-electron chi connectivity index (χ4n) is 0.996. The molecule has 0 bridgehead atoms. The van der Waals surface area contributed by atoms with E-state index in [0.29, 0.717) is 11.0 Å². The summed E-state index contributed by atoms with van der Waals surface area (Å²) in [5.74, 6) is 0.391. The first-order valence-electron chi connectivity index (χ1n) is 3.81. The van der Waals surface area contributed by atoms with Crippen LogP contribution in [0, 0.1) is 6.92 Å². The fourth-order valence-corrected chi connectivity index (χ4v) is 1.20. The number of hydrogen-bond acceptors (Lipinski definition) is 3. The molecule has 4 heteroatoms. The average molecular weight is 187 g/mol. The third-order valence-electron chi connectivity index (χ3n) is 1.71. The molecule has 0 saturated carbocycles. The van der Waals surface area contributed by atoms with E-state index in [1.54, 1.807) is 0 Å². The van der Waals surface area contributed by atoms with Crippen LogP contribution in [0.4, 0.5) is 0 Å². The standard InChI is InChI=1S/C8H11ClN2O/c1-3-6-5(2)8(9)11-7(4-12)10-6/h12H,3-4H2,1-2H3. The molecule has 0 aromatic carbocycles. The predicted octanol–water partition coefficient (Wildman–Crippen LogP) is 1.49. The highest BCUT2D eigenvalue weighted by Crippen LogP contribution is 2.15. The van der Waals surface area contributed by atoms with Crippen LogP contribution in [0.3, 0.4) is 0 Å². The van der Waals surface area contributed by atoms with Crippen LogP contribution in [0.15, 0.2) is 0 Å². The lowest BCUT2D eigenvalue weighted by molar-refractivity contribution is 0.271. The van der Waals surface area contributed by atoms with Crippen LogP contribution in [0.25, 0.3) is 0 Å². The normalized spacial score (nSPS) is 10.3. The predicted molar refractivity (Wildman–Crippen MR) is 47.1 cm³/mol. The van der Waals surface area contributed by atoms with Gasteiger partial charge in [0.25, 0.3) is 0 Å². The van der Waals surface area contributed by atoms with Crippen molar-refractivity contribution in [3.8, 4) is 0 Å². The lowest BCUT2D eigenvalue weighted by Gasteiger charge is -2.05. The molecule has 66 valence electrons. The van der Waals surface area contributed by atoms with Gasteiger partial charge in [0.1, 0.15) is 11.8 Å². The summed E-state index contributed by atoms with van der Waals surface area (Å²) in [6.07, 6.45) is 0.807. The van der Waals surface area contributed by atoms with Crippen LogP contribution in [0.1, 0.15) is 24.0 Å². The van der Waals surface area contributed by atoms with Crippen molar-refractivity contribution in [1.29, 1.82) is 0 Å². The van der Waals surface area contributed by atoms with Crippen LogP contribution in [-0.4, -0.2) is 15.1 Å². The van der Waals surface area contributed by atoms with Crippen LogP contribution < -0.4 is 0 Å². The molecule has 1 aromatic rings. The summed E-state index contributed by atoms with van der Waals surface area (Å²) < 4.78 is 0. The molecule has 0 aliphatic carbocycles. The molecule has 3 nitrogen and oxygen atoms in total. The smallest absolute Gasteiger partial charge is 0.155 e. The Balaban J connectivity index is 3.19. The van der Waals surface area contributed by atoms with Crippen molar-refractivity contribution in [3.05, 3.63) is 22.2 Å². The van der Waals surface area contributed by atoms with Gasteiger partial charge in [0, 0.05) is 11.3 Å². The lowest BCUT2D eigenvalue weighted by atomic mass is 10.2. The second kappa shape index (κ2) is 3.83. The zero-order chi connectivity index (χ0) is 9.14. The quantitative estimate of drug-likeness (QED) is 0.712. The van der Waals surface area contributed by atoms with E-state index in [9.17, 15) is 0 Å². The number of rotatable bonds is 2. The molecule has 12 heavy (non-hydrogen) atoms. The van der Waals surface area contributed by atoms with Crippen LogP contribution in [0.2, 0.25) is 5.15 Å². The van der Waals surface area contributed by atoms with E-state index in [-0.39, 0.29) is 6.61 Å². The highest BCUT2D eigenvalue weighted by Gasteiger charge is 2.06. The van der Waals surface area contributed by atoms with Crippen molar-refractivity contribution in [2.75, 3.05) is 0 Å². The van der Waals surface area contributed by atoms with Gasteiger partial charge in [-0.15, -0.1) is 0 Å². The maximum Gasteiger partial charge on any atom is 0.155 e. The molecular weight excluding hydrogens is 176 g/mol. The largest absolute Gasteiger partial charge is 0.388 e. The van der Waals surface area contributed by atoms with Gasteiger partial charge in [-0.05, 0) is 13.3 Å². The third-order valence-corrected chi connectivity index (χ3v) is 2.08. The van der Waals surface area contributed by atoms with E-state index < -0.39 is 0 Å². The van der Waals surface area contributed by atoms with Gasteiger partial charge >= 0.3 is 0 Å². The van der Waals surface area contributed by atoms with E-state index in [2.05, 4.69) is 9.97 Å². The van der Waals surface area contributed by atoms with Gasteiger partial charge in [0.2, 0.25) is 0 Å². The fraction of sp³-hybridized carbons (Fsp3) is 0.500. The maximum atomic E-state index is 8.79. The summed E-state index contributed by atoms with van der Waals surface area (Å²) in [5.41, 5.74) is 1.80. The van der Waals surface area contributed by atoms with Crippen molar-refractivity contribution in [2.24, 2.45) is 0 Å². The minimum atomic E-state index is -0.160. The van der Waals surface area contributed by atoms with Gasteiger partial charge in [-0.2, -0.15) is 0 Å². The minimum Gasteiger partial charge on any atom is -0.388 e. The molecular formula is C8H11ClN2O. The lowest BCUT2D eigenvalue weighted by Crippen LogP contribution is -2.02. The summed E-state index contributed by atoms with van der Waals surface area (Å²) in [6.45, 7) is 3.71. The molecule has 1 heterocycles. The topological polar surface area (TPSA) is 46.0 Å². The Morgan fingerprint density at radius 2 is 2.08 bits per heavy atom. The van der Waals surface area contributed by atoms with Gasteiger partial charge in [0.05, 0.1) is 0 Å². The molecule has 1 aromatic heterocycles. The Hall–Kier alpha value is -0.670. The Bertz CT molecular complexity index is 289. The van der Waals surface area contributed by atoms with Gasteiger partial charge < -0.3 is 5.11 Å². The van der Waals surface area contributed by atoms with Crippen molar-refractivity contribution < 1.29 is 5.11 Å². The highest BCUT2D eigenvalue weighted by atomic mass is 35.5. The average Bonchev–Trinajstić information content (AvgIpc) is 2.09. The van der Waals surface area contributed by atoms with E-state index in [0.717, 1.165) is 17.7 Å². The Morgan fingerprint density at radius 1 is 1.42 bits per heavy atom. The summed E-state index contributed by atoms with van der Waals surface area (Å²) in [5, 5.41) is 9.23. The molecule has 1 rings (SSSR count). The Morgan fingerprint density at radius 3 is 2.58 bits per heavy atom. The van der Waals surface area contributed by atoms with E-state index in [4.69, 9.17) is 16.7 Å². The number of aliphatic hydroxyl groups excluding tert-OH is 1. The monoisotopic (exact) mass is 186 g/mol. The van der Waals surface area contributed by atoms with E-state index in [1.165, 1.54) is 0 Å². The van der Waals surface area contributed by atoms with Gasteiger partial charge in [0.15, 0.2) is 5.82 Å². The molecule has 1 N–H and O–H groups in total. The van der Waals surface area contributed by atoms with E-state index >= 15 is 0 Å². The van der Waals surface area contributed by atoms with E-state index in [1.807, 2.05) is 13.8 Å². The molecule has 0 spiro atoms. The zero-order valence-corrected chi connectivity index (χ0v) is 7.89. The molecule has 0 unspecified atom stereocenters. The molecule has 0 atom stereocenters. The minimum absolute atomic E-state index is 0.160. The molecule has 0 amide bonds. The van der Waals surface area contributed by atoms with Crippen LogP contribution in [0.5, 0.6) is 0 Å². The molecule has 0 fully saturated rings. The van der Waals surface area contributed by atoms with Crippen LogP contribution in [-0.2, 0) is 13.0 Å².